The molecule has 0 radical (unpaired) electrons. The van der Waals surface area contributed by atoms with Gasteiger partial charge in [0.1, 0.15) is 5.82 Å². The van der Waals surface area contributed by atoms with E-state index in [-0.39, 0.29) is 16.8 Å². The highest BCUT2D eigenvalue weighted by Gasteiger charge is 2.30. The summed E-state index contributed by atoms with van der Waals surface area (Å²) in [4.78, 5) is 11.9. The van der Waals surface area contributed by atoms with Gasteiger partial charge in [0.2, 0.25) is 0 Å². The average molecular weight is 308 g/mol. The molecule has 2 aromatic rings. The summed E-state index contributed by atoms with van der Waals surface area (Å²) >= 11 is 0. The lowest BCUT2D eigenvalue weighted by molar-refractivity contribution is -0.137. The summed E-state index contributed by atoms with van der Waals surface area (Å²) in [5, 5.41) is 10.8. The van der Waals surface area contributed by atoms with Crippen LogP contribution in [0.15, 0.2) is 42.5 Å². The molecule has 2 aromatic carbocycles. The van der Waals surface area contributed by atoms with E-state index in [9.17, 15) is 22.4 Å². The minimum Gasteiger partial charge on any atom is -0.322 e. The van der Waals surface area contributed by atoms with Crippen LogP contribution in [0.25, 0.3) is 0 Å². The van der Waals surface area contributed by atoms with Gasteiger partial charge in [-0.25, -0.2) is 4.39 Å². The Labute approximate surface area is 122 Å². The second-order valence-electron chi connectivity index (χ2n) is 4.34. The lowest BCUT2D eigenvalue weighted by Gasteiger charge is -2.10. The van der Waals surface area contributed by atoms with Crippen molar-refractivity contribution >= 4 is 11.6 Å². The molecule has 0 aliphatic heterocycles. The first kappa shape index (κ1) is 15.5. The van der Waals surface area contributed by atoms with Crippen molar-refractivity contribution in [2.24, 2.45) is 0 Å². The summed E-state index contributed by atoms with van der Waals surface area (Å²) in [7, 11) is 0. The molecule has 3 nitrogen and oxygen atoms in total. The number of hydrogen-bond acceptors (Lipinski definition) is 2. The molecule has 0 aromatic heterocycles. The molecule has 22 heavy (non-hydrogen) atoms. The van der Waals surface area contributed by atoms with Crippen LogP contribution in [0, 0.1) is 17.1 Å². The number of nitrogens with one attached hydrogen (secondary N) is 1. The fourth-order valence-electron chi connectivity index (χ4n) is 1.74. The van der Waals surface area contributed by atoms with Crippen LogP contribution in [-0.2, 0) is 6.18 Å². The Morgan fingerprint density at radius 3 is 2.45 bits per heavy atom. The second-order valence-corrected chi connectivity index (χ2v) is 4.34. The van der Waals surface area contributed by atoms with Gasteiger partial charge in [0.15, 0.2) is 0 Å². The van der Waals surface area contributed by atoms with Crippen molar-refractivity contribution < 1.29 is 22.4 Å². The third-order valence-electron chi connectivity index (χ3n) is 2.79. The highest BCUT2D eigenvalue weighted by atomic mass is 19.4. The van der Waals surface area contributed by atoms with Gasteiger partial charge in [0, 0.05) is 5.69 Å². The summed E-state index contributed by atoms with van der Waals surface area (Å²) in [6, 6.07) is 8.92. The van der Waals surface area contributed by atoms with E-state index in [1.54, 1.807) is 6.07 Å². The van der Waals surface area contributed by atoms with E-state index in [1.807, 2.05) is 0 Å². The van der Waals surface area contributed by atoms with E-state index in [0.29, 0.717) is 0 Å². The molecular formula is C15H8F4N2O. The van der Waals surface area contributed by atoms with E-state index in [1.165, 1.54) is 12.1 Å². The molecule has 0 saturated carbocycles. The van der Waals surface area contributed by atoms with Crippen LogP contribution in [-0.4, -0.2) is 5.91 Å². The molecule has 7 heteroatoms. The first-order valence-corrected chi connectivity index (χ1v) is 5.99. The molecule has 1 amide bonds. The minimum atomic E-state index is -4.54. The van der Waals surface area contributed by atoms with E-state index < -0.39 is 23.5 Å². The van der Waals surface area contributed by atoms with Crippen molar-refractivity contribution in [3.8, 4) is 6.07 Å². The zero-order valence-corrected chi connectivity index (χ0v) is 10.9. The number of carbonyl (C=O) groups excluding carboxylic acids is 1. The highest BCUT2D eigenvalue weighted by Crippen LogP contribution is 2.30. The van der Waals surface area contributed by atoms with Crippen LogP contribution in [0.2, 0.25) is 0 Å². The van der Waals surface area contributed by atoms with Crippen LogP contribution in [0.4, 0.5) is 23.2 Å². The smallest absolute Gasteiger partial charge is 0.322 e. The van der Waals surface area contributed by atoms with E-state index in [4.69, 9.17) is 5.26 Å². The summed E-state index contributed by atoms with van der Waals surface area (Å²) in [6.07, 6.45) is -4.54. The molecule has 0 heterocycles. The SMILES string of the molecule is N#Cc1ccc(C(=O)Nc2cccc(C(F)(F)F)c2)c(F)c1. The molecule has 1 N–H and O–H groups in total. The zero-order valence-electron chi connectivity index (χ0n) is 10.9. The Morgan fingerprint density at radius 1 is 1.14 bits per heavy atom. The Kier molecular flexibility index (Phi) is 4.13. The van der Waals surface area contributed by atoms with E-state index in [0.717, 1.165) is 30.3 Å². The number of anilines is 1. The highest BCUT2D eigenvalue weighted by molar-refractivity contribution is 6.04. The fourth-order valence-corrected chi connectivity index (χ4v) is 1.74. The van der Waals surface area contributed by atoms with Crippen LogP contribution >= 0.6 is 0 Å². The Hall–Kier alpha value is -2.88. The van der Waals surface area contributed by atoms with Gasteiger partial charge in [0.25, 0.3) is 5.91 Å². The maximum absolute atomic E-state index is 13.7. The van der Waals surface area contributed by atoms with Crippen molar-refractivity contribution in [2.75, 3.05) is 5.32 Å². The zero-order chi connectivity index (χ0) is 16.3. The van der Waals surface area contributed by atoms with Crippen molar-refractivity contribution in [3.63, 3.8) is 0 Å². The summed E-state index contributed by atoms with van der Waals surface area (Å²) in [5.41, 5.74) is -1.36. The molecule has 0 saturated heterocycles. The number of nitriles is 1. The Bertz CT molecular complexity index is 763. The fraction of sp³-hybridized carbons (Fsp3) is 0.0667. The summed E-state index contributed by atoms with van der Waals surface area (Å²) < 4.78 is 51.4. The number of benzene rings is 2. The third kappa shape index (κ3) is 3.41. The lowest BCUT2D eigenvalue weighted by atomic mass is 10.1. The van der Waals surface area contributed by atoms with Gasteiger partial charge in [0.05, 0.1) is 22.8 Å². The largest absolute Gasteiger partial charge is 0.416 e. The normalized spacial score (nSPS) is 10.9. The molecule has 2 rings (SSSR count). The molecule has 0 atom stereocenters. The molecule has 0 aliphatic carbocycles. The van der Waals surface area contributed by atoms with Gasteiger partial charge in [-0.05, 0) is 36.4 Å². The predicted molar refractivity (Wildman–Crippen MR) is 70.5 cm³/mol. The number of rotatable bonds is 2. The van der Waals surface area contributed by atoms with Crippen LogP contribution in [0.3, 0.4) is 0 Å². The molecule has 0 bridgehead atoms. The van der Waals surface area contributed by atoms with Crippen molar-refractivity contribution in [3.05, 3.63) is 65.0 Å². The van der Waals surface area contributed by atoms with Gasteiger partial charge in [-0.15, -0.1) is 0 Å². The maximum Gasteiger partial charge on any atom is 0.416 e. The van der Waals surface area contributed by atoms with Crippen molar-refractivity contribution in [2.45, 2.75) is 6.18 Å². The van der Waals surface area contributed by atoms with Crippen molar-refractivity contribution in [1.82, 2.24) is 0 Å². The number of hydrogen-bond donors (Lipinski definition) is 1. The third-order valence-corrected chi connectivity index (χ3v) is 2.79. The Balaban J connectivity index is 2.25. The predicted octanol–water partition coefficient (Wildman–Crippen LogP) is 3.97. The second kappa shape index (κ2) is 5.85. The first-order valence-electron chi connectivity index (χ1n) is 5.99. The first-order chi connectivity index (χ1) is 10.3. The average Bonchev–Trinajstić information content (AvgIpc) is 2.46. The number of alkyl halides is 3. The summed E-state index contributed by atoms with van der Waals surface area (Å²) in [5.74, 6) is -1.83. The Morgan fingerprint density at radius 2 is 1.86 bits per heavy atom. The van der Waals surface area contributed by atoms with E-state index in [2.05, 4.69) is 5.32 Å². The van der Waals surface area contributed by atoms with Crippen LogP contribution in [0.5, 0.6) is 0 Å². The number of amides is 1. The molecule has 0 unspecified atom stereocenters. The quantitative estimate of drug-likeness (QED) is 0.854. The number of carbonyl (C=O) groups is 1. The van der Waals surface area contributed by atoms with Crippen LogP contribution < -0.4 is 5.32 Å². The van der Waals surface area contributed by atoms with Gasteiger partial charge >= 0.3 is 6.18 Å². The van der Waals surface area contributed by atoms with Gasteiger partial charge < -0.3 is 5.32 Å². The summed E-state index contributed by atoms with van der Waals surface area (Å²) in [6.45, 7) is 0. The number of halogens is 4. The monoisotopic (exact) mass is 308 g/mol. The minimum absolute atomic E-state index is 0.0353. The number of nitrogens with zero attached hydrogens (tertiary/aromatic N) is 1. The van der Waals surface area contributed by atoms with Gasteiger partial charge in [-0.3, -0.25) is 4.79 Å². The lowest BCUT2D eigenvalue weighted by Crippen LogP contribution is -2.14. The van der Waals surface area contributed by atoms with Gasteiger partial charge in [-0.2, -0.15) is 18.4 Å². The van der Waals surface area contributed by atoms with Gasteiger partial charge in [-0.1, -0.05) is 6.07 Å². The molecular weight excluding hydrogens is 300 g/mol. The molecule has 112 valence electrons. The standard InChI is InChI=1S/C15H8F4N2O/c16-13-6-9(8-20)4-5-12(13)14(22)21-11-3-1-2-10(7-11)15(17,18)19/h1-7H,(H,21,22). The van der Waals surface area contributed by atoms with Crippen LogP contribution in [0.1, 0.15) is 21.5 Å². The molecule has 0 fully saturated rings. The maximum atomic E-state index is 13.7. The van der Waals surface area contributed by atoms with Crippen molar-refractivity contribution in [1.29, 1.82) is 5.26 Å². The molecule has 0 aliphatic rings. The topological polar surface area (TPSA) is 52.9 Å². The molecule has 0 spiro atoms. The van der Waals surface area contributed by atoms with E-state index >= 15 is 0 Å².